The number of carbonyl (C=O) groups excluding carboxylic acids is 1. The molecular formula is C12H20O. The van der Waals surface area contributed by atoms with Crippen molar-refractivity contribution in [3.05, 3.63) is 0 Å². The van der Waals surface area contributed by atoms with Gasteiger partial charge in [0.05, 0.1) is 0 Å². The zero-order valence-electron chi connectivity index (χ0n) is 8.59. The maximum absolute atomic E-state index is 11.1. The molecule has 0 radical (unpaired) electrons. The molecule has 0 spiro atoms. The molecule has 2 rings (SSSR count). The van der Waals surface area contributed by atoms with Crippen molar-refractivity contribution in [3.63, 3.8) is 0 Å². The van der Waals surface area contributed by atoms with Gasteiger partial charge in [-0.15, -0.1) is 0 Å². The Morgan fingerprint density at radius 3 is 2.62 bits per heavy atom. The predicted molar refractivity (Wildman–Crippen MR) is 53.5 cm³/mol. The Morgan fingerprint density at radius 2 is 2.15 bits per heavy atom. The molecule has 0 heterocycles. The number of carbonyl (C=O) groups is 1. The zero-order valence-corrected chi connectivity index (χ0v) is 8.59. The Labute approximate surface area is 80.9 Å². The summed E-state index contributed by atoms with van der Waals surface area (Å²) in [7, 11) is 0. The first-order valence-electron chi connectivity index (χ1n) is 5.70. The summed E-state index contributed by atoms with van der Waals surface area (Å²) in [4.78, 5) is 11.1. The third-order valence-electron chi connectivity index (χ3n) is 3.89. The van der Waals surface area contributed by atoms with E-state index in [1.165, 1.54) is 38.4 Å². The lowest BCUT2D eigenvalue weighted by Gasteiger charge is -2.21. The van der Waals surface area contributed by atoms with Gasteiger partial charge in [-0.3, -0.25) is 0 Å². The Bertz CT molecular complexity index is 195. The van der Waals surface area contributed by atoms with E-state index in [1.54, 1.807) is 0 Å². The standard InChI is InChI=1S/C12H20O/c1-10-4-6-12(8-10,9-13)7-5-11-2-3-11/h9-11H,2-8H2,1H3. The third-order valence-corrected chi connectivity index (χ3v) is 3.89. The summed E-state index contributed by atoms with van der Waals surface area (Å²) in [6, 6.07) is 0. The second-order valence-electron chi connectivity index (χ2n) is 5.31. The van der Waals surface area contributed by atoms with Crippen LogP contribution in [0.15, 0.2) is 0 Å². The number of rotatable bonds is 4. The molecule has 0 aromatic carbocycles. The molecule has 0 aromatic heterocycles. The molecule has 2 unspecified atom stereocenters. The van der Waals surface area contributed by atoms with E-state index in [0.29, 0.717) is 0 Å². The van der Waals surface area contributed by atoms with Crippen molar-refractivity contribution >= 4 is 6.29 Å². The quantitative estimate of drug-likeness (QED) is 0.607. The summed E-state index contributed by atoms with van der Waals surface area (Å²) in [5, 5.41) is 0. The van der Waals surface area contributed by atoms with Gasteiger partial charge in [0.2, 0.25) is 0 Å². The van der Waals surface area contributed by atoms with Crippen LogP contribution >= 0.6 is 0 Å². The van der Waals surface area contributed by atoms with Gasteiger partial charge in [0.15, 0.2) is 0 Å². The van der Waals surface area contributed by atoms with Gasteiger partial charge >= 0.3 is 0 Å². The fraction of sp³-hybridized carbons (Fsp3) is 0.917. The van der Waals surface area contributed by atoms with Crippen molar-refractivity contribution in [2.75, 3.05) is 0 Å². The van der Waals surface area contributed by atoms with Gasteiger partial charge in [-0.1, -0.05) is 19.8 Å². The van der Waals surface area contributed by atoms with Crippen molar-refractivity contribution in [2.24, 2.45) is 17.3 Å². The Morgan fingerprint density at radius 1 is 1.38 bits per heavy atom. The number of hydrogen-bond donors (Lipinski definition) is 0. The number of aldehydes is 1. The molecular weight excluding hydrogens is 160 g/mol. The minimum absolute atomic E-state index is 0.0992. The van der Waals surface area contributed by atoms with E-state index in [0.717, 1.165) is 24.7 Å². The van der Waals surface area contributed by atoms with E-state index in [9.17, 15) is 4.79 Å². The summed E-state index contributed by atoms with van der Waals surface area (Å²) in [5.41, 5.74) is 0.0992. The Hall–Kier alpha value is -0.330. The van der Waals surface area contributed by atoms with E-state index in [2.05, 4.69) is 6.92 Å². The minimum atomic E-state index is 0.0992. The van der Waals surface area contributed by atoms with Crippen molar-refractivity contribution in [1.29, 1.82) is 0 Å². The average Bonchev–Trinajstić information content (AvgIpc) is 2.88. The first kappa shape index (κ1) is 9.23. The van der Waals surface area contributed by atoms with Crippen LogP contribution in [0.5, 0.6) is 0 Å². The van der Waals surface area contributed by atoms with E-state index >= 15 is 0 Å². The van der Waals surface area contributed by atoms with Gasteiger partial charge in [-0.2, -0.15) is 0 Å². The molecule has 0 saturated heterocycles. The largest absolute Gasteiger partial charge is 0.303 e. The molecule has 0 aromatic rings. The summed E-state index contributed by atoms with van der Waals surface area (Å²) in [6.07, 6.45) is 10.2. The van der Waals surface area contributed by atoms with Crippen LogP contribution in [-0.2, 0) is 4.79 Å². The molecule has 13 heavy (non-hydrogen) atoms. The van der Waals surface area contributed by atoms with Gasteiger partial charge in [0.1, 0.15) is 6.29 Å². The second kappa shape index (κ2) is 3.43. The van der Waals surface area contributed by atoms with Crippen LogP contribution in [0.3, 0.4) is 0 Å². The van der Waals surface area contributed by atoms with E-state index in [-0.39, 0.29) is 5.41 Å². The molecule has 2 saturated carbocycles. The van der Waals surface area contributed by atoms with Crippen LogP contribution in [0, 0.1) is 17.3 Å². The van der Waals surface area contributed by atoms with Gasteiger partial charge in [-0.05, 0) is 43.9 Å². The van der Waals surface area contributed by atoms with Crippen LogP contribution in [0.4, 0.5) is 0 Å². The highest BCUT2D eigenvalue weighted by atomic mass is 16.1. The molecule has 0 N–H and O–H groups in total. The SMILES string of the molecule is CC1CCC(C=O)(CCC2CC2)C1. The predicted octanol–water partition coefficient (Wildman–Crippen LogP) is 3.18. The number of hydrogen-bond acceptors (Lipinski definition) is 1. The topological polar surface area (TPSA) is 17.1 Å². The smallest absolute Gasteiger partial charge is 0.126 e. The summed E-state index contributed by atoms with van der Waals surface area (Å²) >= 11 is 0. The highest BCUT2D eigenvalue weighted by Crippen LogP contribution is 2.46. The lowest BCUT2D eigenvalue weighted by Crippen LogP contribution is -2.18. The minimum Gasteiger partial charge on any atom is -0.303 e. The van der Waals surface area contributed by atoms with Crippen LogP contribution in [0.1, 0.15) is 51.9 Å². The normalized spacial score (nSPS) is 39.3. The van der Waals surface area contributed by atoms with Crippen molar-refractivity contribution in [2.45, 2.75) is 51.9 Å². The van der Waals surface area contributed by atoms with Gasteiger partial charge in [0.25, 0.3) is 0 Å². The molecule has 1 heteroatoms. The molecule has 1 nitrogen and oxygen atoms in total. The van der Waals surface area contributed by atoms with Gasteiger partial charge in [-0.25, -0.2) is 0 Å². The Kier molecular flexibility index (Phi) is 2.44. The summed E-state index contributed by atoms with van der Waals surface area (Å²) in [5.74, 6) is 1.76. The molecule has 2 atom stereocenters. The summed E-state index contributed by atoms with van der Waals surface area (Å²) < 4.78 is 0. The Balaban J connectivity index is 1.86. The van der Waals surface area contributed by atoms with Crippen LogP contribution in [-0.4, -0.2) is 6.29 Å². The van der Waals surface area contributed by atoms with E-state index in [4.69, 9.17) is 0 Å². The van der Waals surface area contributed by atoms with Crippen molar-refractivity contribution in [3.8, 4) is 0 Å². The van der Waals surface area contributed by atoms with E-state index < -0.39 is 0 Å². The summed E-state index contributed by atoms with van der Waals surface area (Å²) in [6.45, 7) is 2.28. The lowest BCUT2D eigenvalue weighted by molar-refractivity contribution is -0.116. The monoisotopic (exact) mass is 180 g/mol. The molecule has 0 amide bonds. The van der Waals surface area contributed by atoms with Crippen LogP contribution in [0.2, 0.25) is 0 Å². The molecule has 0 aliphatic heterocycles. The molecule has 0 bridgehead atoms. The fourth-order valence-corrected chi connectivity index (χ4v) is 2.72. The van der Waals surface area contributed by atoms with Crippen molar-refractivity contribution in [1.82, 2.24) is 0 Å². The maximum atomic E-state index is 11.1. The second-order valence-corrected chi connectivity index (χ2v) is 5.31. The maximum Gasteiger partial charge on any atom is 0.126 e. The average molecular weight is 180 g/mol. The van der Waals surface area contributed by atoms with Gasteiger partial charge in [0, 0.05) is 5.41 Å². The van der Waals surface area contributed by atoms with E-state index in [1.807, 2.05) is 0 Å². The van der Waals surface area contributed by atoms with Crippen molar-refractivity contribution < 1.29 is 4.79 Å². The fourth-order valence-electron chi connectivity index (χ4n) is 2.72. The van der Waals surface area contributed by atoms with Gasteiger partial charge < -0.3 is 4.79 Å². The molecule has 2 fully saturated rings. The highest BCUT2D eigenvalue weighted by molar-refractivity contribution is 5.59. The first-order chi connectivity index (χ1) is 6.24. The van der Waals surface area contributed by atoms with Crippen LogP contribution < -0.4 is 0 Å². The molecule has 2 aliphatic carbocycles. The first-order valence-corrected chi connectivity index (χ1v) is 5.70. The molecule has 74 valence electrons. The van der Waals surface area contributed by atoms with Crippen LogP contribution in [0.25, 0.3) is 0 Å². The lowest BCUT2D eigenvalue weighted by atomic mass is 9.82. The zero-order chi connectivity index (χ0) is 9.31. The molecule has 2 aliphatic rings. The third kappa shape index (κ3) is 2.12. The highest BCUT2D eigenvalue weighted by Gasteiger charge is 2.38.